The normalized spacial score (nSPS) is 19.8. The van der Waals surface area contributed by atoms with E-state index in [1.165, 1.54) is 5.56 Å². The first-order valence-corrected chi connectivity index (χ1v) is 10.6. The average Bonchev–Trinajstić information content (AvgIpc) is 3.10. The fraction of sp³-hybridized carbons (Fsp3) is 0.400. The topological polar surface area (TPSA) is 71.3 Å². The van der Waals surface area contributed by atoms with Gasteiger partial charge in [0.15, 0.2) is 0 Å². The van der Waals surface area contributed by atoms with Gasteiger partial charge in [0.25, 0.3) is 0 Å². The van der Waals surface area contributed by atoms with E-state index in [-0.39, 0.29) is 18.2 Å². The third-order valence-corrected chi connectivity index (χ3v) is 5.62. The maximum Gasteiger partial charge on any atom is 0.410 e. The van der Waals surface area contributed by atoms with Crippen molar-refractivity contribution in [1.29, 1.82) is 0 Å². The van der Waals surface area contributed by atoms with E-state index < -0.39 is 5.60 Å². The van der Waals surface area contributed by atoms with Gasteiger partial charge < -0.3 is 20.4 Å². The predicted molar refractivity (Wildman–Crippen MR) is 121 cm³/mol. The highest BCUT2D eigenvalue weighted by atomic mass is 16.6. The van der Waals surface area contributed by atoms with E-state index in [0.29, 0.717) is 6.54 Å². The van der Waals surface area contributed by atoms with Gasteiger partial charge in [-0.3, -0.25) is 0 Å². The zero-order chi connectivity index (χ0) is 21.5. The van der Waals surface area contributed by atoms with E-state index in [1.807, 2.05) is 43.9 Å². The minimum atomic E-state index is -0.532. The number of hydrogen-bond donors (Lipinski definition) is 2. The minimum absolute atomic E-state index is 0.0628. The van der Waals surface area contributed by atoms with E-state index in [1.54, 1.807) is 0 Å². The van der Waals surface area contributed by atoms with Gasteiger partial charge in [-0.25, -0.2) is 4.79 Å². The van der Waals surface area contributed by atoms with Crippen LogP contribution < -0.4 is 5.73 Å². The number of rotatable bonds is 2. The van der Waals surface area contributed by atoms with Crippen LogP contribution in [0.4, 0.5) is 4.79 Å². The Labute approximate surface area is 178 Å². The largest absolute Gasteiger partial charge is 0.444 e. The number of aryl methyl sites for hydroxylation is 1. The third kappa shape index (κ3) is 4.21. The molecule has 1 aromatic heterocycles. The number of piperidine rings is 1. The number of aromatic nitrogens is 1. The Hall–Kier alpha value is -2.79. The smallest absolute Gasteiger partial charge is 0.410 e. The number of likely N-dealkylation sites (tertiary alicyclic amines) is 1. The second-order valence-electron chi connectivity index (χ2n) is 9.34. The molecule has 1 aliphatic heterocycles. The number of amides is 1. The zero-order valence-electron chi connectivity index (χ0n) is 18.2. The average molecular weight is 406 g/mol. The number of carbonyl (C=O) groups excluding carboxylic acids is 1. The molecule has 5 heteroatoms. The van der Waals surface area contributed by atoms with Gasteiger partial charge in [-0.15, -0.1) is 0 Å². The molecule has 1 fully saturated rings. The van der Waals surface area contributed by atoms with Crippen molar-refractivity contribution in [3.63, 3.8) is 0 Å². The zero-order valence-corrected chi connectivity index (χ0v) is 18.2. The molecule has 5 nitrogen and oxygen atoms in total. The number of H-pyrrole nitrogens is 1. The first-order chi connectivity index (χ1) is 14.2. The van der Waals surface area contributed by atoms with Crippen molar-refractivity contribution >= 4 is 17.0 Å². The summed E-state index contributed by atoms with van der Waals surface area (Å²) in [6, 6.07) is 16.8. The van der Waals surface area contributed by atoms with Crippen molar-refractivity contribution in [2.75, 3.05) is 6.54 Å². The standard InChI is InChI=1S/C25H31N3O2/c1-16-12-18-14-21(17-8-6-5-7-9-17)27-23(18)20(13-16)22-15-19(26)10-11-28(22)24(29)30-25(2,3)4/h5-9,12-14,19,22,27H,10-11,15,26H2,1-4H3. The summed E-state index contributed by atoms with van der Waals surface area (Å²) in [5, 5.41) is 1.15. The lowest BCUT2D eigenvalue weighted by molar-refractivity contribution is 0.00813. The number of nitrogens with two attached hydrogens (primary N) is 1. The maximum absolute atomic E-state index is 13.0. The van der Waals surface area contributed by atoms with Crippen molar-refractivity contribution in [2.24, 2.45) is 5.73 Å². The monoisotopic (exact) mass is 405 g/mol. The Kier molecular flexibility index (Phi) is 5.33. The van der Waals surface area contributed by atoms with E-state index in [0.717, 1.165) is 40.6 Å². The van der Waals surface area contributed by atoms with Gasteiger partial charge in [0.05, 0.1) is 11.6 Å². The highest BCUT2D eigenvalue weighted by Gasteiger charge is 2.35. The molecule has 0 bridgehead atoms. The molecule has 30 heavy (non-hydrogen) atoms. The highest BCUT2D eigenvalue weighted by Crippen LogP contribution is 2.37. The second-order valence-corrected chi connectivity index (χ2v) is 9.34. The van der Waals surface area contributed by atoms with Crippen LogP contribution >= 0.6 is 0 Å². The lowest BCUT2D eigenvalue weighted by Gasteiger charge is -2.39. The van der Waals surface area contributed by atoms with Crippen LogP contribution in [-0.4, -0.2) is 34.2 Å². The Morgan fingerprint density at radius 3 is 2.60 bits per heavy atom. The minimum Gasteiger partial charge on any atom is -0.444 e. The van der Waals surface area contributed by atoms with Crippen LogP contribution in [0, 0.1) is 6.92 Å². The quantitative estimate of drug-likeness (QED) is 0.588. The summed E-state index contributed by atoms with van der Waals surface area (Å²) in [6.07, 6.45) is 1.23. The van der Waals surface area contributed by atoms with Crippen LogP contribution in [0.1, 0.15) is 50.8 Å². The Balaban J connectivity index is 1.79. The summed E-state index contributed by atoms with van der Waals surface area (Å²) in [7, 11) is 0. The summed E-state index contributed by atoms with van der Waals surface area (Å²) in [5.41, 5.74) is 11.4. The molecule has 0 spiro atoms. The van der Waals surface area contributed by atoms with Gasteiger partial charge >= 0.3 is 6.09 Å². The number of fused-ring (bicyclic) bond motifs is 1. The SMILES string of the molecule is Cc1cc(C2CC(N)CCN2C(=O)OC(C)(C)C)c2[nH]c(-c3ccccc3)cc2c1. The van der Waals surface area contributed by atoms with Crippen molar-refractivity contribution in [1.82, 2.24) is 9.88 Å². The fourth-order valence-corrected chi connectivity index (χ4v) is 4.29. The summed E-state index contributed by atoms with van der Waals surface area (Å²) >= 11 is 0. The first kappa shape index (κ1) is 20.5. The van der Waals surface area contributed by atoms with E-state index in [9.17, 15) is 4.79 Å². The lowest BCUT2D eigenvalue weighted by Crippen LogP contribution is -2.47. The number of hydrogen-bond acceptors (Lipinski definition) is 3. The van der Waals surface area contributed by atoms with Crippen molar-refractivity contribution in [2.45, 2.75) is 58.2 Å². The van der Waals surface area contributed by atoms with Crippen molar-refractivity contribution in [3.05, 3.63) is 59.7 Å². The molecule has 1 aliphatic rings. The summed E-state index contributed by atoms with van der Waals surface area (Å²) in [6.45, 7) is 8.40. The number of aromatic amines is 1. The molecule has 158 valence electrons. The molecule has 1 saturated heterocycles. The van der Waals surface area contributed by atoms with Crippen LogP contribution in [0.5, 0.6) is 0 Å². The van der Waals surface area contributed by atoms with Gasteiger partial charge in [0.2, 0.25) is 0 Å². The molecule has 2 atom stereocenters. The molecule has 2 unspecified atom stereocenters. The molecular weight excluding hydrogens is 374 g/mol. The first-order valence-electron chi connectivity index (χ1n) is 10.6. The van der Waals surface area contributed by atoms with Gasteiger partial charge in [-0.1, -0.05) is 42.0 Å². The van der Waals surface area contributed by atoms with Crippen LogP contribution in [0.15, 0.2) is 48.5 Å². The van der Waals surface area contributed by atoms with Crippen molar-refractivity contribution in [3.8, 4) is 11.3 Å². The van der Waals surface area contributed by atoms with Gasteiger partial charge in [0, 0.05) is 23.7 Å². The maximum atomic E-state index is 13.0. The lowest BCUT2D eigenvalue weighted by atomic mass is 9.90. The number of carbonyl (C=O) groups is 1. The Morgan fingerprint density at radius 2 is 1.90 bits per heavy atom. The number of benzene rings is 2. The molecule has 2 aromatic carbocycles. The molecule has 1 amide bonds. The van der Waals surface area contributed by atoms with E-state index in [4.69, 9.17) is 10.5 Å². The van der Waals surface area contributed by atoms with Crippen LogP contribution in [-0.2, 0) is 4.74 Å². The molecule has 2 heterocycles. The molecule has 0 aliphatic carbocycles. The number of ether oxygens (including phenoxy) is 1. The molecule has 4 rings (SSSR count). The highest BCUT2D eigenvalue weighted by molar-refractivity contribution is 5.89. The Bertz CT molecular complexity index is 1050. The predicted octanol–water partition coefficient (Wildman–Crippen LogP) is 5.54. The third-order valence-electron chi connectivity index (χ3n) is 5.62. The van der Waals surface area contributed by atoms with Crippen molar-refractivity contribution < 1.29 is 9.53 Å². The van der Waals surface area contributed by atoms with Crippen LogP contribution in [0.2, 0.25) is 0 Å². The van der Waals surface area contributed by atoms with E-state index >= 15 is 0 Å². The molecule has 3 aromatic rings. The van der Waals surface area contributed by atoms with Gasteiger partial charge in [-0.05, 0) is 63.8 Å². The summed E-state index contributed by atoms with van der Waals surface area (Å²) < 4.78 is 5.72. The summed E-state index contributed by atoms with van der Waals surface area (Å²) in [5.74, 6) is 0. The van der Waals surface area contributed by atoms with Gasteiger partial charge in [-0.2, -0.15) is 0 Å². The Morgan fingerprint density at radius 1 is 1.17 bits per heavy atom. The molecular formula is C25H31N3O2. The van der Waals surface area contributed by atoms with E-state index in [2.05, 4.69) is 42.2 Å². The second kappa shape index (κ2) is 7.80. The number of nitrogens with zero attached hydrogens (tertiary/aromatic N) is 1. The fourth-order valence-electron chi connectivity index (χ4n) is 4.29. The van der Waals surface area contributed by atoms with Crippen LogP contribution in [0.3, 0.4) is 0 Å². The van der Waals surface area contributed by atoms with Crippen LogP contribution in [0.25, 0.3) is 22.2 Å². The molecule has 0 saturated carbocycles. The molecule has 0 radical (unpaired) electrons. The number of nitrogens with one attached hydrogen (secondary N) is 1. The van der Waals surface area contributed by atoms with Gasteiger partial charge in [0.1, 0.15) is 5.60 Å². The molecule has 3 N–H and O–H groups in total. The summed E-state index contributed by atoms with van der Waals surface area (Å²) in [4.78, 5) is 18.5.